The molecule has 0 bridgehead atoms. The third-order valence-electron chi connectivity index (χ3n) is 6.64. The van der Waals surface area contributed by atoms with Crippen LogP contribution in [0.1, 0.15) is 49.7 Å². The van der Waals surface area contributed by atoms with Crippen molar-refractivity contribution in [2.75, 3.05) is 32.7 Å². The lowest BCUT2D eigenvalue weighted by Crippen LogP contribution is -2.36. The molecule has 1 aliphatic carbocycles. The van der Waals surface area contributed by atoms with E-state index >= 15 is 0 Å². The van der Waals surface area contributed by atoms with E-state index < -0.39 is 5.92 Å². The molecule has 2 atom stereocenters. The Morgan fingerprint density at radius 2 is 1.79 bits per heavy atom. The number of nitrogens with zero attached hydrogens (tertiary/aromatic N) is 1. The number of hydrogen-bond donors (Lipinski definition) is 1. The average Bonchev–Trinajstić information content (AvgIpc) is 2.83. The van der Waals surface area contributed by atoms with Crippen LogP contribution in [0.2, 0.25) is 0 Å². The van der Waals surface area contributed by atoms with Crippen LogP contribution in [0.4, 0.5) is 5.69 Å². The molecule has 2 aromatic rings. The highest BCUT2D eigenvalue weighted by Crippen LogP contribution is 2.47. The zero-order valence-corrected chi connectivity index (χ0v) is 20.5. The number of ether oxygens (including phenoxy) is 2. The molecule has 2 unspecified atom stereocenters. The van der Waals surface area contributed by atoms with E-state index in [1.807, 2.05) is 74.4 Å². The molecule has 178 valence electrons. The average molecular weight is 461 g/mol. The Hall–Kier alpha value is -3.54. The first-order chi connectivity index (χ1) is 16.3. The smallest absolute Gasteiger partial charge is 0.336 e. The maximum atomic E-state index is 13.7. The molecule has 0 aromatic heterocycles. The second-order valence-corrected chi connectivity index (χ2v) is 8.97. The normalized spacial score (nSPS) is 20.0. The highest BCUT2D eigenvalue weighted by atomic mass is 16.5. The van der Waals surface area contributed by atoms with Gasteiger partial charge in [-0.25, -0.2) is 4.79 Å². The number of hydrogen-bond acceptors (Lipinski definition) is 6. The number of carbonyl (C=O) groups is 2. The predicted molar refractivity (Wildman–Crippen MR) is 133 cm³/mol. The Morgan fingerprint density at radius 1 is 1.09 bits per heavy atom. The van der Waals surface area contributed by atoms with E-state index in [0.29, 0.717) is 24.0 Å². The molecule has 1 N–H and O–H groups in total. The fourth-order valence-corrected chi connectivity index (χ4v) is 5.04. The standard InChI is InChI=1S/C28H32N2O4/c1-6-34-28(32)25-17(2)29-22-15-19(21-9-7-8-10-24(21)33-5)16-23(31)27(22)26(25)18-11-13-20(14-12-18)30(3)4/h7-14,19,26,29H,6,15-16H2,1-5H3. The summed E-state index contributed by atoms with van der Waals surface area (Å²) in [6, 6.07) is 15.9. The van der Waals surface area contributed by atoms with Gasteiger partial charge in [-0.2, -0.15) is 0 Å². The molecule has 34 heavy (non-hydrogen) atoms. The van der Waals surface area contributed by atoms with E-state index in [9.17, 15) is 9.59 Å². The number of Topliss-reactive ketones (excluding diaryl/α,β-unsaturated/α-hetero) is 1. The quantitative estimate of drug-likeness (QED) is 0.631. The number of methoxy groups -OCH3 is 1. The van der Waals surface area contributed by atoms with Crippen LogP contribution in [0.15, 0.2) is 71.1 Å². The highest BCUT2D eigenvalue weighted by molar-refractivity contribution is 6.04. The maximum absolute atomic E-state index is 13.7. The number of allylic oxidation sites excluding steroid dienone is 3. The van der Waals surface area contributed by atoms with Gasteiger partial charge in [0.1, 0.15) is 5.75 Å². The maximum Gasteiger partial charge on any atom is 0.336 e. The van der Waals surface area contributed by atoms with Crippen LogP contribution >= 0.6 is 0 Å². The van der Waals surface area contributed by atoms with E-state index in [4.69, 9.17) is 9.47 Å². The SMILES string of the molecule is CCOC(=O)C1=C(C)NC2=C(C(=O)CC(c3ccccc3OC)C2)C1c1ccc(N(C)C)cc1. The zero-order valence-electron chi connectivity index (χ0n) is 20.5. The molecule has 6 heteroatoms. The number of benzene rings is 2. The number of para-hydroxylation sites is 1. The number of esters is 1. The van der Waals surface area contributed by atoms with E-state index in [0.717, 1.165) is 34.0 Å². The van der Waals surface area contributed by atoms with Crippen molar-refractivity contribution < 1.29 is 19.1 Å². The van der Waals surface area contributed by atoms with Gasteiger partial charge in [0.2, 0.25) is 0 Å². The van der Waals surface area contributed by atoms with Crippen molar-refractivity contribution in [3.05, 3.63) is 82.2 Å². The van der Waals surface area contributed by atoms with Crippen molar-refractivity contribution in [2.24, 2.45) is 0 Å². The molecule has 4 rings (SSSR count). The summed E-state index contributed by atoms with van der Waals surface area (Å²) in [7, 11) is 5.62. The summed E-state index contributed by atoms with van der Waals surface area (Å²) in [6.45, 7) is 3.95. The molecular weight excluding hydrogens is 428 g/mol. The molecule has 6 nitrogen and oxygen atoms in total. The van der Waals surface area contributed by atoms with Crippen molar-refractivity contribution in [3.8, 4) is 5.75 Å². The highest BCUT2D eigenvalue weighted by Gasteiger charge is 2.41. The number of anilines is 1. The Balaban J connectivity index is 1.80. The zero-order chi connectivity index (χ0) is 24.4. The number of rotatable bonds is 6. The molecule has 0 saturated carbocycles. The van der Waals surface area contributed by atoms with Crippen molar-refractivity contribution >= 4 is 17.4 Å². The van der Waals surface area contributed by atoms with Gasteiger partial charge >= 0.3 is 5.97 Å². The van der Waals surface area contributed by atoms with E-state index in [1.165, 1.54) is 0 Å². The summed E-state index contributed by atoms with van der Waals surface area (Å²) in [4.78, 5) is 28.7. The summed E-state index contributed by atoms with van der Waals surface area (Å²) in [6.07, 6.45) is 1.03. The Kier molecular flexibility index (Phi) is 6.77. The van der Waals surface area contributed by atoms with Crippen molar-refractivity contribution in [3.63, 3.8) is 0 Å². The van der Waals surface area contributed by atoms with Gasteiger partial charge in [-0.3, -0.25) is 4.79 Å². The fourth-order valence-electron chi connectivity index (χ4n) is 5.04. The lowest BCUT2D eigenvalue weighted by Gasteiger charge is -2.37. The number of carbonyl (C=O) groups excluding carboxylic acids is 2. The molecule has 2 aromatic carbocycles. The summed E-state index contributed by atoms with van der Waals surface area (Å²) in [5.41, 5.74) is 5.76. The van der Waals surface area contributed by atoms with Crippen LogP contribution < -0.4 is 15.0 Å². The van der Waals surface area contributed by atoms with Gasteiger partial charge in [-0.05, 0) is 49.6 Å². The molecule has 1 aliphatic heterocycles. The summed E-state index contributed by atoms with van der Waals surface area (Å²) < 4.78 is 11.0. The first-order valence-electron chi connectivity index (χ1n) is 11.7. The largest absolute Gasteiger partial charge is 0.496 e. The molecule has 0 amide bonds. The van der Waals surface area contributed by atoms with Crippen LogP contribution in [0.3, 0.4) is 0 Å². The molecule has 0 saturated heterocycles. The summed E-state index contributed by atoms with van der Waals surface area (Å²) in [5, 5.41) is 3.39. The molecular formula is C28H32N2O4. The van der Waals surface area contributed by atoms with Crippen molar-refractivity contribution in [1.82, 2.24) is 5.32 Å². The van der Waals surface area contributed by atoms with Crippen LogP contribution in [0.5, 0.6) is 5.75 Å². The molecule has 2 aliphatic rings. The second-order valence-electron chi connectivity index (χ2n) is 8.97. The molecule has 0 fully saturated rings. The Bertz CT molecular complexity index is 1160. The van der Waals surface area contributed by atoms with Crippen LogP contribution in [-0.2, 0) is 14.3 Å². The van der Waals surface area contributed by atoms with Gasteiger partial charge < -0.3 is 19.7 Å². The van der Waals surface area contributed by atoms with Gasteiger partial charge in [0.05, 0.1) is 19.3 Å². The topological polar surface area (TPSA) is 67.9 Å². The first-order valence-corrected chi connectivity index (χ1v) is 11.7. The summed E-state index contributed by atoms with van der Waals surface area (Å²) >= 11 is 0. The molecule has 0 radical (unpaired) electrons. The van der Waals surface area contributed by atoms with Crippen LogP contribution in [0.25, 0.3) is 0 Å². The first kappa shape index (κ1) is 23.6. The summed E-state index contributed by atoms with van der Waals surface area (Å²) in [5.74, 6) is -0.0160. The third kappa shape index (κ3) is 4.32. The van der Waals surface area contributed by atoms with Gasteiger partial charge in [-0.15, -0.1) is 0 Å². The minimum absolute atomic E-state index is 0.00334. The minimum atomic E-state index is -0.461. The van der Waals surface area contributed by atoms with Crippen molar-refractivity contribution in [2.45, 2.75) is 38.5 Å². The Morgan fingerprint density at radius 3 is 2.44 bits per heavy atom. The number of nitrogens with one attached hydrogen (secondary N) is 1. The van der Waals surface area contributed by atoms with E-state index in [2.05, 4.69) is 5.32 Å². The van der Waals surface area contributed by atoms with Gasteiger partial charge in [0, 0.05) is 55.0 Å². The lowest BCUT2D eigenvalue weighted by molar-refractivity contribution is -0.138. The van der Waals surface area contributed by atoms with Crippen molar-refractivity contribution in [1.29, 1.82) is 0 Å². The van der Waals surface area contributed by atoms with Crippen LogP contribution in [0, 0.1) is 0 Å². The fraction of sp³-hybridized carbons (Fsp3) is 0.357. The van der Waals surface area contributed by atoms with Gasteiger partial charge in [0.15, 0.2) is 5.78 Å². The third-order valence-corrected chi connectivity index (χ3v) is 6.64. The molecule has 0 spiro atoms. The monoisotopic (exact) mass is 460 g/mol. The Labute approximate surface area is 201 Å². The van der Waals surface area contributed by atoms with E-state index in [1.54, 1.807) is 14.0 Å². The minimum Gasteiger partial charge on any atom is -0.496 e. The van der Waals surface area contributed by atoms with E-state index in [-0.39, 0.29) is 24.3 Å². The number of ketones is 1. The molecule has 1 heterocycles. The number of dihydropyridines is 1. The van der Waals surface area contributed by atoms with Gasteiger partial charge in [0.25, 0.3) is 0 Å². The lowest BCUT2D eigenvalue weighted by atomic mass is 9.71. The van der Waals surface area contributed by atoms with Crippen LogP contribution in [-0.4, -0.2) is 39.6 Å². The second kappa shape index (κ2) is 9.75. The predicted octanol–water partition coefficient (Wildman–Crippen LogP) is 4.69. The van der Waals surface area contributed by atoms with Gasteiger partial charge in [-0.1, -0.05) is 30.3 Å².